The van der Waals surface area contributed by atoms with Crippen LogP contribution >= 0.6 is 0 Å². The van der Waals surface area contributed by atoms with Gasteiger partial charge in [-0.2, -0.15) is 0 Å². The molecule has 5 heteroatoms. The van der Waals surface area contributed by atoms with Crippen LogP contribution in [0.2, 0.25) is 0 Å². The van der Waals surface area contributed by atoms with E-state index >= 15 is 0 Å². The van der Waals surface area contributed by atoms with Gasteiger partial charge in [-0.25, -0.2) is 0 Å². The molecule has 1 aliphatic carbocycles. The number of hydrogen-bond donors (Lipinski definition) is 1. The maximum absolute atomic E-state index is 12.7. The van der Waals surface area contributed by atoms with Gasteiger partial charge in [-0.1, -0.05) is 43.2 Å². The van der Waals surface area contributed by atoms with Gasteiger partial charge >= 0.3 is 5.97 Å². The number of carbonyl (C=O) groups excluding carboxylic acids is 2. The van der Waals surface area contributed by atoms with Crippen LogP contribution in [0.15, 0.2) is 30.3 Å². The third-order valence-corrected chi connectivity index (χ3v) is 5.53. The molecular formula is C20H28N2O3. The van der Waals surface area contributed by atoms with E-state index in [1.54, 1.807) is 0 Å². The third-order valence-electron chi connectivity index (χ3n) is 5.53. The highest BCUT2D eigenvalue weighted by Crippen LogP contribution is 2.35. The van der Waals surface area contributed by atoms with Crippen LogP contribution in [0.5, 0.6) is 0 Å². The summed E-state index contributed by atoms with van der Waals surface area (Å²) in [5.74, 6) is 0.263. The molecule has 0 bridgehead atoms. The van der Waals surface area contributed by atoms with Gasteiger partial charge in [0.05, 0.1) is 19.7 Å². The molecule has 2 unspecified atom stereocenters. The molecule has 1 aliphatic heterocycles. The lowest BCUT2D eigenvalue weighted by Gasteiger charge is -2.27. The average molecular weight is 344 g/mol. The quantitative estimate of drug-likeness (QED) is 0.806. The highest BCUT2D eigenvalue weighted by atomic mass is 16.5. The van der Waals surface area contributed by atoms with E-state index in [2.05, 4.69) is 17.4 Å². The van der Waals surface area contributed by atoms with Crippen molar-refractivity contribution in [3.8, 4) is 0 Å². The maximum atomic E-state index is 12.7. The zero-order chi connectivity index (χ0) is 17.6. The molecule has 0 spiro atoms. The van der Waals surface area contributed by atoms with Crippen LogP contribution in [0.25, 0.3) is 0 Å². The van der Waals surface area contributed by atoms with Gasteiger partial charge in [0.2, 0.25) is 5.91 Å². The second-order valence-corrected chi connectivity index (χ2v) is 7.15. The topological polar surface area (TPSA) is 58.6 Å². The molecule has 1 saturated carbocycles. The number of nitrogens with zero attached hydrogens (tertiary/aromatic N) is 1. The molecule has 1 heterocycles. The average Bonchev–Trinajstić information content (AvgIpc) is 3.31. The van der Waals surface area contributed by atoms with Crippen molar-refractivity contribution >= 4 is 11.9 Å². The van der Waals surface area contributed by atoms with Crippen molar-refractivity contribution < 1.29 is 14.3 Å². The second-order valence-electron chi connectivity index (χ2n) is 7.15. The van der Waals surface area contributed by atoms with Crippen LogP contribution in [0.3, 0.4) is 0 Å². The van der Waals surface area contributed by atoms with E-state index in [0.717, 1.165) is 32.2 Å². The van der Waals surface area contributed by atoms with Gasteiger partial charge in [0.1, 0.15) is 6.04 Å². The predicted octanol–water partition coefficient (Wildman–Crippen LogP) is 2.67. The monoisotopic (exact) mass is 344 g/mol. The van der Waals surface area contributed by atoms with Crippen molar-refractivity contribution in [2.45, 2.75) is 50.6 Å². The zero-order valence-electron chi connectivity index (χ0n) is 14.9. The first-order valence-electron chi connectivity index (χ1n) is 9.35. The number of likely N-dealkylation sites (tertiary alicyclic amines) is 1. The van der Waals surface area contributed by atoms with Gasteiger partial charge in [0.15, 0.2) is 0 Å². The van der Waals surface area contributed by atoms with E-state index in [0.29, 0.717) is 5.92 Å². The Labute approximate surface area is 149 Å². The summed E-state index contributed by atoms with van der Waals surface area (Å²) >= 11 is 0. The van der Waals surface area contributed by atoms with Crippen LogP contribution in [-0.2, 0) is 14.3 Å². The Morgan fingerprint density at radius 3 is 2.56 bits per heavy atom. The molecule has 0 aromatic heterocycles. The van der Waals surface area contributed by atoms with Crippen molar-refractivity contribution in [2.24, 2.45) is 5.92 Å². The molecule has 1 aromatic rings. The van der Waals surface area contributed by atoms with E-state index in [4.69, 9.17) is 4.74 Å². The molecule has 2 atom stereocenters. The van der Waals surface area contributed by atoms with E-state index in [1.807, 2.05) is 23.1 Å². The van der Waals surface area contributed by atoms with Crippen molar-refractivity contribution in [3.05, 3.63) is 35.9 Å². The molecule has 0 radical (unpaired) electrons. The Hall–Kier alpha value is -1.88. The lowest BCUT2D eigenvalue weighted by atomic mass is 9.91. The summed E-state index contributed by atoms with van der Waals surface area (Å²) in [6, 6.07) is 10.0. The molecule has 136 valence electrons. The van der Waals surface area contributed by atoms with Crippen LogP contribution in [0, 0.1) is 5.92 Å². The SMILES string of the molecule is COC(=O)C1CCCN1CC(=O)NC(c1ccccc1)C1CCCC1. The van der Waals surface area contributed by atoms with Crippen LogP contribution < -0.4 is 5.32 Å². The molecular weight excluding hydrogens is 316 g/mol. The third kappa shape index (κ3) is 4.40. The van der Waals surface area contributed by atoms with Crippen LogP contribution in [-0.4, -0.2) is 43.0 Å². The Morgan fingerprint density at radius 2 is 1.88 bits per heavy atom. The lowest BCUT2D eigenvalue weighted by molar-refractivity contribution is -0.146. The summed E-state index contributed by atoms with van der Waals surface area (Å²) in [7, 11) is 1.41. The van der Waals surface area contributed by atoms with E-state index in [9.17, 15) is 9.59 Å². The number of methoxy groups -OCH3 is 1. The van der Waals surface area contributed by atoms with E-state index in [1.165, 1.54) is 25.5 Å². The van der Waals surface area contributed by atoms with Crippen molar-refractivity contribution in [2.75, 3.05) is 20.2 Å². The summed E-state index contributed by atoms with van der Waals surface area (Å²) in [5.41, 5.74) is 1.17. The van der Waals surface area contributed by atoms with Crippen molar-refractivity contribution in [1.29, 1.82) is 0 Å². The summed E-state index contributed by atoms with van der Waals surface area (Å²) in [4.78, 5) is 26.5. The molecule has 1 aromatic carbocycles. The summed E-state index contributed by atoms with van der Waals surface area (Å²) in [6.07, 6.45) is 6.49. The molecule has 3 rings (SSSR count). The second kappa shape index (κ2) is 8.48. The number of rotatable bonds is 6. The minimum absolute atomic E-state index is 0.00319. The van der Waals surface area contributed by atoms with Gasteiger partial charge in [-0.15, -0.1) is 0 Å². The predicted molar refractivity (Wildman–Crippen MR) is 95.9 cm³/mol. The first kappa shape index (κ1) is 17.9. The number of carbonyl (C=O) groups is 2. The number of amides is 1. The maximum Gasteiger partial charge on any atom is 0.323 e. The Bertz CT molecular complexity index is 584. The fourth-order valence-corrected chi connectivity index (χ4v) is 4.25. The van der Waals surface area contributed by atoms with Gasteiger partial charge in [-0.3, -0.25) is 14.5 Å². The Kier molecular flexibility index (Phi) is 6.08. The molecule has 2 aliphatic rings. The first-order valence-corrected chi connectivity index (χ1v) is 9.35. The van der Waals surface area contributed by atoms with Crippen LogP contribution in [0.4, 0.5) is 0 Å². The smallest absolute Gasteiger partial charge is 0.323 e. The highest BCUT2D eigenvalue weighted by molar-refractivity contribution is 5.81. The summed E-state index contributed by atoms with van der Waals surface area (Å²) in [6.45, 7) is 1.03. The largest absolute Gasteiger partial charge is 0.468 e. The fourth-order valence-electron chi connectivity index (χ4n) is 4.25. The number of esters is 1. The molecule has 1 N–H and O–H groups in total. The Balaban J connectivity index is 1.65. The number of hydrogen-bond acceptors (Lipinski definition) is 4. The number of ether oxygens (including phenoxy) is 1. The summed E-state index contributed by atoms with van der Waals surface area (Å²) < 4.78 is 4.87. The lowest BCUT2D eigenvalue weighted by Crippen LogP contribution is -2.45. The molecule has 1 amide bonds. The molecule has 25 heavy (non-hydrogen) atoms. The zero-order valence-corrected chi connectivity index (χ0v) is 14.9. The van der Waals surface area contributed by atoms with Gasteiger partial charge < -0.3 is 10.1 Å². The van der Waals surface area contributed by atoms with Crippen molar-refractivity contribution in [1.82, 2.24) is 10.2 Å². The van der Waals surface area contributed by atoms with E-state index in [-0.39, 0.29) is 30.5 Å². The van der Waals surface area contributed by atoms with Crippen LogP contribution in [0.1, 0.15) is 50.1 Å². The first-order chi connectivity index (χ1) is 12.2. The van der Waals surface area contributed by atoms with Gasteiger partial charge in [-0.05, 0) is 43.7 Å². The van der Waals surface area contributed by atoms with Crippen molar-refractivity contribution in [3.63, 3.8) is 0 Å². The minimum Gasteiger partial charge on any atom is -0.468 e. The highest BCUT2D eigenvalue weighted by Gasteiger charge is 2.34. The van der Waals surface area contributed by atoms with Gasteiger partial charge in [0, 0.05) is 0 Å². The van der Waals surface area contributed by atoms with Gasteiger partial charge in [0.25, 0.3) is 0 Å². The summed E-state index contributed by atoms with van der Waals surface area (Å²) in [5, 5.41) is 3.25. The fraction of sp³-hybridized carbons (Fsp3) is 0.600. The molecule has 1 saturated heterocycles. The van der Waals surface area contributed by atoms with E-state index < -0.39 is 0 Å². The molecule has 5 nitrogen and oxygen atoms in total. The normalized spacial score (nSPS) is 22.7. The number of nitrogens with one attached hydrogen (secondary N) is 1. The standard InChI is InChI=1S/C20H28N2O3/c1-25-20(24)17-12-7-13-22(17)14-18(23)21-19(16-10-5-6-11-16)15-8-3-2-4-9-15/h2-4,8-9,16-17,19H,5-7,10-14H2,1H3,(H,21,23). The molecule has 2 fully saturated rings. The number of benzene rings is 1. The Morgan fingerprint density at radius 1 is 1.16 bits per heavy atom. The minimum atomic E-state index is -0.280.